The van der Waals surface area contributed by atoms with E-state index in [1.54, 1.807) is 36.2 Å². The number of carbonyl (C=O) groups is 2. The molecule has 0 radical (unpaired) electrons. The van der Waals surface area contributed by atoms with Gasteiger partial charge in [-0.25, -0.2) is 4.79 Å². The summed E-state index contributed by atoms with van der Waals surface area (Å²) in [5.41, 5.74) is 2.67. The van der Waals surface area contributed by atoms with Gasteiger partial charge in [-0.15, -0.1) is 0 Å². The molecule has 1 aliphatic heterocycles. The molecule has 0 saturated carbocycles. The SMILES string of the molecule is CCc1ccc(CN(C)C(=O)COC(=O)c2ccc(OCC3CCCO3)cc2)cc1. The second-order valence-electron chi connectivity index (χ2n) is 7.47. The lowest BCUT2D eigenvalue weighted by Gasteiger charge is -2.17. The van der Waals surface area contributed by atoms with Gasteiger partial charge in [0.25, 0.3) is 5.91 Å². The average molecular weight is 411 g/mol. The highest BCUT2D eigenvalue weighted by atomic mass is 16.5. The zero-order valence-corrected chi connectivity index (χ0v) is 17.6. The maximum atomic E-state index is 12.3. The number of hydrogen-bond donors (Lipinski definition) is 0. The number of likely N-dealkylation sites (N-methyl/N-ethyl adjacent to an activating group) is 1. The number of ether oxygens (including phenoxy) is 3. The van der Waals surface area contributed by atoms with E-state index in [1.165, 1.54) is 5.56 Å². The Labute approximate surface area is 177 Å². The Hall–Kier alpha value is -2.86. The number of rotatable bonds is 9. The van der Waals surface area contributed by atoms with E-state index in [1.807, 2.05) is 12.1 Å². The van der Waals surface area contributed by atoms with Gasteiger partial charge in [-0.1, -0.05) is 31.2 Å². The minimum absolute atomic E-state index is 0.141. The summed E-state index contributed by atoms with van der Waals surface area (Å²) in [7, 11) is 1.70. The van der Waals surface area contributed by atoms with Crippen LogP contribution in [0, 0.1) is 0 Å². The van der Waals surface area contributed by atoms with Crippen molar-refractivity contribution in [1.82, 2.24) is 4.90 Å². The number of amides is 1. The number of aryl methyl sites for hydroxylation is 1. The summed E-state index contributed by atoms with van der Waals surface area (Å²) in [5, 5.41) is 0. The molecule has 30 heavy (non-hydrogen) atoms. The zero-order chi connectivity index (χ0) is 21.3. The number of hydrogen-bond acceptors (Lipinski definition) is 5. The molecule has 0 aromatic heterocycles. The second-order valence-corrected chi connectivity index (χ2v) is 7.47. The van der Waals surface area contributed by atoms with Crippen LogP contribution in [0.5, 0.6) is 5.75 Å². The van der Waals surface area contributed by atoms with E-state index >= 15 is 0 Å². The Balaban J connectivity index is 1.42. The van der Waals surface area contributed by atoms with Crippen LogP contribution in [0.2, 0.25) is 0 Å². The van der Waals surface area contributed by atoms with E-state index in [9.17, 15) is 9.59 Å². The van der Waals surface area contributed by atoms with Gasteiger partial charge in [0.2, 0.25) is 0 Å². The molecule has 0 bridgehead atoms. The first kappa shape index (κ1) is 21.8. The van der Waals surface area contributed by atoms with Crippen molar-refractivity contribution < 1.29 is 23.8 Å². The predicted octanol–water partition coefficient (Wildman–Crippen LogP) is 3.62. The smallest absolute Gasteiger partial charge is 0.338 e. The molecule has 1 amide bonds. The van der Waals surface area contributed by atoms with Crippen LogP contribution in [-0.2, 0) is 27.2 Å². The summed E-state index contributed by atoms with van der Waals surface area (Å²) in [6.07, 6.45) is 3.20. The Kier molecular flexibility index (Phi) is 7.85. The summed E-state index contributed by atoms with van der Waals surface area (Å²) in [6.45, 7) is 3.57. The quantitative estimate of drug-likeness (QED) is 0.590. The van der Waals surface area contributed by atoms with Gasteiger partial charge in [0, 0.05) is 20.2 Å². The van der Waals surface area contributed by atoms with Crippen LogP contribution in [0.25, 0.3) is 0 Å². The maximum Gasteiger partial charge on any atom is 0.338 e. The molecule has 0 N–H and O–H groups in total. The van der Waals surface area contributed by atoms with E-state index in [-0.39, 0.29) is 18.6 Å². The molecule has 1 saturated heterocycles. The van der Waals surface area contributed by atoms with Crippen LogP contribution in [0.4, 0.5) is 0 Å². The zero-order valence-electron chi connectivity index (χ0n) is 17.6. The molecular formula is C24H29NO5. The number of esters is 1. The van der Waals surface area contributed by atoms with E-state index in [0.717, 1.165) is 31.4 Å². The van der Waals surface area contributed by atoms with E-state index in [2.05, 4.69) is 19.1 Å². The van der Waals surface area contributed by atoms with Crippen molar-refractivity contribution in [2.45, 2.75) is 38.8 Å². The summed E-state index contributed by atoms with van der Waals surface area (Å²) >= 11 is 0. The average Bonchev–Trinajstić information content (AvgIpc) is 3.30. The number of carbonyl (C=O) groups excluding carboxylic acids is 2. The highest BCUT2D eigenvalue weighted by molar-refractivity contribution is 5.91. The summed E-state index contributed by atoms with van der Waals surface area (Å²) in [4.78, 5) is 26.1. The highest BCUT2D eigenvalue weighted by Crippen LogP contribution is 2.17. The molecule has 1 heterocycles. The predicted molar refractivity (Wildman–Crippen MR) is 113 cm³/mol. The van der Waals surface area contributed by atoms with Crippen LogP contribution in [0.3, 0.4) is 0 Å². The van der Waals surface area contributed by atoms with Gasteiger partial charge in [-0.3, -0.25) is 4.79 Å². The van der Waals surface area contributed by atoms with Crippen molar-refractivity contribution in [2.75, 3.05) is 26.9 Å². The molecule has 0 spiro atoms. The third kappa shape index (κ3) is 6.32. The molecule has 3 rings (SSSR count). The largest absolute Gasteiger partial charge is 0.491 e. The lowest BCUT2D eigenvalue weighted by Crippen LogP contribution is -2.30. The minimum Gasteiger partial charge on any atom is -0.491 e. The Morgan fingerprint density at radius 1 is 1.07 bits per heavy atom. The standard InChI is InChI=1S/C24H29NO5/c1-3-18-6-8-19(9-7-18)15-25(2)23(26)17-30-24(27)20-10-12-21(13-11-20)29-16-22-5-4-14-28-22/h6-13,22H,3-5,14-17H2,1-2H3. The second kappa shape index (κ2) is 10.8. The van der Waals surface area contributed by atoms with Gasteiger partial charge in [-0.05, 0) is 54.7 Å². The van der Waals surface area contributed by atoms with Gasteiger partial charge in [0.1, 0.15) is 12.4 Å². The fourth-order valence-corrected chi connectivity index (χ4v) is 3.22. The van der Waals surface area contributed by atoms with Crippen LogP contribution < -0.4 is 4.74 Å². The first-order chi connectivity index (χ1) is 14.5. The Morgan fingerprint density at radius 2 is 1.77 bits per heavy atom. The van der Waals surface area contributed by atoms with Gasteiger partial charge in [0.15, 0.2) is 6.61 Å². The lowest BCUT2D eigenvalue weighted by molar-refractivity contribution is -0.133. The maximum absolute atomic E-state index is 12.3. The van der Waals surface area contributed by atoms with Crippen LogP contribution in [0.1, 0.15) is 41.3 Å². The van der Waals surface area contributed by atoms with Gasteiger partial charge in [-0.2, -0.15) is 0 Å². The van der Waals surface area contributed by atoms with Gasteiger partial charge in [0.05, 0.1) is 11.7 Å². The minimum atomic E-state index is -0.533. The van der Waals surface area contributed by atoms with E-state index < -0.39 is 5.97 Å². The van der Waals surface area contributed by atoms with Crippen molar-refractivity contribution in [1.29, 1.82) is 0 Å². The number of benzene rings is 2. The summed E-state index contributed by atoms with van der Waals surface area (Å²) in [5.74, 6) is -0.110. The fourth-order valence-electron chi connectivity index (χ4n) is 3.22. The molecule has 160 valence electrons. The molecule has 6 nitrogen and oxygen atoms in total. The van der Waals surface area contributed by atoms with Crippen LogP contribution >= 0.6 is 0 Å². The molecule has 1 aliphatic rings. The van der Waals surface area contributed by atoms with Crippen molar-refractivity contribution in [3.63, 3.8) is 0 Å². The topological polar surface area (TPSA) is 65.1 Å². The Morgan fingerprint density at radius 3 is 2.40 bits per heavy atom. The van der Waals surface area contributed by atoms with E-state index in [0.29, 0.717) is 24.5 Å². The van der Waals surface area contributed by atoms with Crippen molar-refractivity contribution >= 4 is 11.9 Å². The van der Waals surface area contributed by atoms with Crippen molar-refractivity contribution in [3.05, 3.63) is 65.2 Å². The third-order valence-corrected chi connectivity index (χ3v) is 5.15. The fraction of sp³-hybridized carbons (Fsp3) is 0.417. The molecule has 2 aromatic rings. The summed E-state index contributed by atoms with van der Waals surface area (Å²) in [6, 6.07) is 14.9. The molecule has 1 unspecified atom stereocenters. The number of nitrogens with zero attached hydrogens (tertiary/aromatic N) is 1. The highest BCUT2D eigenvalue weighted by Gasteiger charge is 2.17. The van der Waals surface area contributed by atoms with Gasteiger partial charge < -0.3 is 19.1 Å². The normalized spacial score (nSPS) is 15.6. The van der Waals surface area contributed by atoms with Crippen LogP contribution in [-0.4, -0.2) is 49.7 Å². The molecule has 6 heteroatoms. The first-order valence-electron chi connectivity index (χ1n) is 10.4. The van der Waals surface area contributed by atoms with E-state index in [4.69, 9.17) is 14.2 Å². The van der Waals surface area contributed by atoms with Crippen molar-refractivity contribution in [3.8, 4) is 5.75 Å². The Bertz CT molecular complexity index is 826. The van der Waals surface area contributed by atoms with Crippen LogP contribution in [0.15, 0.2) is 48.5 Å². The first-order valence-corrected chi connectivity index (χ1v) is 10.4. The van der Waals surface area contributed by atoms with Crippen molar-refractivity contribution in [2.24, 2.45) is 0 Å². The summed E-state index contributed by atoms with van der Waals surface area (Å²) < 4.78 is 16.4. The molecular weight excluding hydrogens is 382 g/mol. The monoisotopic (exact) mass is 411 g/mol. The molecule has 0 aliphatic carbocycles. The lowest BCUT2D eigenvalue weighted by atomic mass is 10.1. The van der Waals surface area contributed by atoms with Gasteiger partial charge >= 0.3 is 5.97 Å². The molecule has 1 fully saturated rings. The third-order valence-electron chi connectivity index (χ3n) is 5.15. The molecule has 1 atom stereocenters. The molecule has 2 aromatic carbocycles.